The molecule has 1 aliphatic rings. The van der Waals surface area contributed by atoms with Crippen molar-refractivity contribution in [1.82, 2.24) is 20.5 Å². The van der Waals surface area contributed by atoms with Gasteiger partial charge in [-0.1, -0.05) is 36.4 Å². The number of ether oxygens (including phenoxy) is 2. The van der Waals surface area contributed by atoms with Gasteiger partial charge in [0.25, 0.3) is 0 Å². The second kappa shape index (κ2) is 12.9. The Morgan fingerprint density at radius 2 is 1.82 bits per heavy atom. The molecule has 2 aromatic rings. The van der Waals surface area contributed by atoms with E-state index in [-0.39, 0.29) is 6.54 Å². The van der Waals surface area contributed by atoms with E-state index in [4.69, 9.17) is 15.2 Å². The van der Waals surface area contributed by atoms with Gasteiger partial charge in [0.05, 0.1) is 17.8 Å². The van der Waals surface area contributed by atoms with Crippen LogP contribution in [0.1, 0.15) is 51.1 Å². The summed E-state index contributed by atoms with van der Waals surface area (Å²) in [5, 5.41) is 4.79. The second-order valence-electron chi connectivity index (χ2n) is 10.1. The average molecular weight is 558 g/mol. The highest BCUT2D eigenvalue weighted by Gasteiger charge is 2.47. The molecular weight excluding hydrogens is 522 g/mol. The fraction of sp³-hybridized carbons (Fsp3) is 0.444. The lowest BCUT2D eigenvalue weighted by molar-refractivity contribution is -0.129. The molecular formula is C27H35N5O6S. The standard InChI is InChI=1S/C27H35N5O6S/c1-16-21(17-11-7-6-8-12-17)37-26(36)32(16)24(34)22(39-5)20(18-13-9-10-14-29-18)30-15-19(23(28)33)31-25(35)38-27(2,3)4/h6-14,16,19-22,30H,15H2,1-5H3,(H2,28,33)(H,31,35)/t16-,19+,20-,21-,22-/m1/s1. The number of rotatable bonds is 10. The molecule has 0 saturated carbocycles. The number of nitrogens with zero attached hydrogens (tertiary/aromatic N) is 2. The molecule has 0 radical (unpaired) electrons. The molecule has 0 unspecified atom stereocenters. The lowest BCUT2D eigenvalue weighted by Crippen LogP contribution is -2.54. The molecule has 0 spiro atoms. The van der Waals surface area contributed by atoms with Gasteiger partial charge in [0.1, 0.15) is 23.0 Å². The molecule has 39 heavy (non-hydrogen) atoms. The summed E-state index contributed by atoms with van der Waals surface area (Å²) in [5.74, 6) is -1.26. The number of carbonyl (C=O) groups excluding carboxylic acids is 4. The Kier molecular flexibility index (Phi) is 9.92. The van der Waals surface area contributed by atoms with E-state index < -0.39 is 59.1 Å². The predicted molar refractivity (Wildman–Crippen MR) is 147 cm³/mol. The molecule has 11 nitrogen and oxygen atoms in total. The van der Waals surface area contributed by atoms with E-state index in [9.17, 15) is 19.2 Å². The molecule has 0 aliphatic carbocycles. The van der Waals surface area contributed by atoms with Crippen molar-refractivity contribution in [3.63, 3.8) is 0 Å². The highest BCUT2D eigenvalue weighted by molar-refractivity contribution is 8.00. The van der Waals surface area contributed by atoms with E-state index in [0.717, 1.165) is 10.5 Å². The summed E-state index contributed by atoms with van der Waals surface area (Å²) in [7, 11) is 0. The summed E-state index contributed by atoms with van der Waals surface area (Å²) in [6, 6.07) is 12.0. The molecule has 1 aromatic heterocycles. The molecule has 2 heterocycles. The predicted octanol–water partition coefficient (Wildman–Crippen LogP) is 2.93. The first-order chi connectivity index (χ1) is 18.4. The van der Waals surface area contributed by atoms with Gasteiger partial charge in [0.15, 0.2) is 0 Å². The molecule has 4 amide bonds. The highest BCUT2D eigenvalue weighted by atomic mass is 32.2. The number of imide groups is 1. The Bertz CT molecular complexity index is 1160. The Hall–Kier alpha value is -3.64. The van der Waals surface area contributed by atoms with Gasteiger partial charge in [-0.3, -0.25) is 14.6 Å². The molecule has 210 valence electrons. The van der Waals surface area contributed by atoms with Crippen molar-refractivity contribution in [3.05, 3.63) is 66.0 Å². The van der Waals surface area contributed by atoms with Gasteiger partial charge in [-0.05, 0) is 51.6 Å². The summed E-state index contributed by atoms with van der Waals surface area (Å²) in [4.78, 5) is 56.7. The number of cyclic esters (lactones) is 1. The van der Waals surface area contributed by atoms with E-state index >= 15 is 0 Å². The van der Waals surface area contributed by atoms with Gasteiger partial charge in [-0.15, -0.1) is 11.8 Å². The van der Waals surface area contributed by atoms with Crippen LogP contribution in [0.4, 0.5) is 9.59 Å². The highest BCUT2D eigenvalue weighted by Crippen LogP contribution is 2.35. The number of alkyl carbamates (subject to hydrolysis) is 1. The number of amides is 4. The van der Waals surface area contributed by atoms with Gasteiger partial charge in [-0.25, -0.2) is 14.5 Å². The van der Waals surface area contributed by atoms with Crippen molar-refractivity contribution >= 4 is 35.8 Å². The first-order valence-corrected chi connectivity index (χ1v) is 13.8. The maximum Gasteiger partial charge on any atom is 0.417 e. The molecule has 4 N–H and O–H groups in total. The topological polar surface area (TPSA) is 153 Å². The molecule has 5 atom stereocenters. The minimum atomic E-state index is -1.14. The first-order valence-electron chi connectivity index (χ1n) is 12.5. The fourth-order valence-electron chi connectivity index (χ4n) is 4.21. The molecule has 12 heteroatoms. The molecule has 1 fully saturated rings. The third-order valence-corrected chi connectivity index (χ3v) is 7.00. The molecule has 1 aromatic carbocycles. The maximum atomic E-state index is 13.9. The molecule has 3 rings (SSSR count). The Labute approximate surface area is 232 Å². The van der Waals surface area contributed by atoms with Crippen molar-refractivity contribution in [2.75, 3.05) is 12.8 Å². The number of nitrogens with one attached hydrogen (secondary N) is 2. The van der Waals surface area contributed by atoms with Crippen molar-refractivity contribution in [3.8, 4) is 0 Å². The molecule has 1 saturated heterocycles. The van der Waals surface area contributed by atoms with Crippen molar-refractivity contribution < 1.29 is 28.7 Å². The van der Waals surface area contributed by atoms with Crippen molar-refractivity contribution in [2.24, 2.45) is 5.73 Å². The number of thioether (sulfide) groups is 1. The lowest BCUT2D eigenvalue weighted by Gasteiger charge is -2.30. The number of pyridine rings is 1. The third kappa shape index (κ3) is 7.70. The normalized spacial score (nSPS) is 19.5. The van der Waals surface area contributed by atoms with Crippen LogP contribution in [0.5, 0.6) is 0 Å². The molecule has 0 bridgehead atoms. The van der Waals surface area contributed by atoms with Crippen LogP contribution in [0.25, 0.3) is 0 Å². The minimum Gasteiger partial charge on any atom is -0.444 e. The van der Waals surface area contributed by atoms with E-state index in [1.165, 1.54) is 11.8 Å². The van der Waals surface area contributed by atoms with E-state index in [1.54, 1.807) is 58.3 Å². The number of aromatic nitrogens is 1. The Morgan fingerprint density at radius 1 is 1.15 bits per heavy atom. The summed E-state index contributed by atoms with van der Waals surface area (Å²) < 4.78 is 10.8. The lowest BCUT2D eigenvalue weighted by atomic mass is 10.0. The van der Waals surface area contributed by atoms with Crippen LogP contribution in [-0.2, 0) is 19.1 Å². The summed E-state index contributed by atoms with van der Waals surface area (Å²) in [5.41, 5.74) is 6.06. The zero-order valence-corrected chi connectivity index (χ0v) is 23.4. The number of hydrogen-bond acceptors (Lipinski definition) is 9. The summed E-state index contributed by atoms with van der Waals surface area (Å²) >= 11 is 1.22. The van der Waals surface area contributed by atoms with Gasteiger partial charge in [0, 0.05) is 12.7 Å². The van der Waals surface area contributed by atoms with E-state index in [2.05, 4.69) is 15.6 Å². The number of benzene rings is 1. The number of nitrogens with two attached hydrogens (primary N) is 1. The number of primary amides is 1. The van der Waals surface area contributed by atoms with Gasteiger partial charge < -0.3 is 25.8 Å². The average Bonchev–Trinajstić information content (AvgIpc) is 3.18. The van der Waals surface area contributed by atoms with Gasteiger partial charge in [0.2, 0.25) is 11.8 Å². The van der Waals surface area contributed by atoms with Gasteiger partial charge >= 0.3 is 12.2 Å². The van der Waals surface area contributed by atoms with Gasteiger partial charge in [-0.2, -0.15) is 0 Å². The summed E-state index contributed by atoms with van der Waals surface area (Å²) in [6.45, 7) is 6.73. The first kappa shape index (κ1) is 29.9. The monoisotopic (exact) mass is 557 g/mol. The largest absolute Gasteiger partial charge is 0.444 e. The number of carbonyl (C=O) groups is 4. The van der Waals surface area contributed by atoms with Crippen LogP contribution in [0.2, 0.25) is 0 Å². The van der Waals surface area contributed by atoms with Crippen LogP contribution in [0, 0.1) is 0 Å². The third-order valence-electron chi connectivity index (χ3n) is 6.02. The maximum absolute atomic E-state index is 13.9. The van der Waals surface area contributed by atoms with Crippen LogP contribution >= 0.6 is 11.8 Å². The van der Waals surface area contributed by atoms with Crippen LogP contribution in [0.15, 0.2) is 54.7 Å². The van der Waals surface area contributed by atoms with Crippen LogP contribution in [0.3, 0.4) is 0 Å². The van der Waals surface area contributed by atoms with E-state index in [1.807, 2.05) is 30.3 Å². The van der Waals surface area contributed by atoms with Crippen molar-refractivity contribution in [1.29, 1.82) is 0 Å². The zero-order valence-electron chi connectivity index (χ0n) is 22.6. The molecule has 1 aliphatic heterocycles. The second-order valence-corrected chi connectivity index (χ2v) is 11.0. The minimum absolute atomic E-state index is 0.118. The Morgan fingerprint density at radius 3 is 2.38 bits per heavy atom. The van der Waals surface area contributed by atoms with E-state index in [0.29, 0.717) is 5.69 Å². The fourth-order valence-corrected chi connectivity index (χ4v) is 5.03. The quantitative estimate of drug-likeness (QED) is 0.400. The smallest absolute Gasteiger partial charge is 0.417 e. The van der Waals surface area contributed by atoms with Crippen LogP contribution in [-0.4, -0.2) is 69.6 Å². The SMILES string of the molecule is CS[C@@H](C(=O)N1C(=O)O[C@@H](c2ccccc2)[C@H]1C)[C@H](NC[C@H](NC(=O)OC(C)(C)C)C(N)=O)c1ccccn1. The van der Waals surface area contributed by atoms with Crippen molar-refractivity contribution in [2.45, 2.75) is 62.8 Å². The number of hydrogen-bond donors (Lipinski definition) is 3. The zero-order chi connectivity index (χ0) is 28.7. The van der Waals surface area contributed by atoms with Crippen LogP contribution < -0.4 is 16.4 Å². The summed E-state index contributed by atoms with van der Waals surface area (Å²) in [6.07, 6.45) is 1.17. The Balaban J connectivity index is 1.83.